The van der Waals surface area contributed by atoms with Crippen LogP contribution >= 0.6 is 0 Å². The van der Waals surface area contributed by atoms with E-state index >= 15 is 0 Å². The minimum absolute atomic E-state index is 0.252. The van der Waals surface area contributed by atoms with Gasteiger partial charge in [-0.3, -0.25) is 4.79 Å². The molecule has 1 heterocycles. The van der Waals surface area contributed by atoms with Crippen LogP contribution in [0.4, 0.5) is 0 Å². The van der Waals surface area contributed by atoms with E-state index < -0.39 is 0 Å². The van der Waals surface area contributed by atoms with Crippen molar-refractivity contribution < 1.29 is 9.47 Å². The predicted molar refractivity (Wildman–Crippen MR) is 90.4 cm³/mol. The van der Waals surface area contributed by atoms with Crippen molar-refractivity contribution in [2.75, 3.05) is 14.2 Å². The molecule has 0 atom stereocenters. The Morgan fingerprint density at radius 1 is 1.00 bits per heavy atom. The van der Waals surface area contributed by atoms with Gasteiger partial charge in [0.15, 0.2) is 5.82 Å². The molecule has 0 N–H and O–H groups in total. The molecule has 3 rings (SSSR count). The van der Waals surface area contributed by atoms with Gasteiger partial charge in [0.25, 0.3) is 5.56 Å². The van der Waals surface area contributed by atoms with Crippen molar-refractivity contribution in [2.45, 2.75) is 6.54 Å². The second-order valence-electron chi connectivity index (χ2n) is 5.16. The highest BCUT2D eigenvalue weighted by atomic mass is 16.5. The summed E-state index contributed by atoms with van der Waals surface area (Å²) in [5.74, 6) is 1.96. The average molecular weight is 323 g/mol. The summed E-state index contributed by atoms with van der Waals surface area (Å²) in [5, 5.41) is 4.36. The Kier molecular flexibility index (Phi) is 4.56. The highest BCUT2D eigenvalue weighted by Gasteiger charge is 2.07. The predicted octanol–water partition coefficient (Wildman–Crippen LogP) is 2.37. The van der Waals surface area contributed by atoms with E-state index in [4.69, 9.17) is 9.47 Å². The average Bonchev–Trinajstić information content (AvgIpc) is 2.64. The Balaban J connectivity index is 1.92. The maximum Gasteiger partial charge on any atom is 0.285 e. The molecule has 0 amide bonds. The molecule has 1 aromatic heterocycles. The molecule has 0 aliphatic heterocycles. The lowest BCUT2D eigenvalue weighted by molar-refractivity contribution is 0.414. The first kappa shape index (κ1) is 15.7. The largest absolute Gasteiger partial charge is 0.497 e. The number of hydrogen-bond acceptors (Lipinski definition) is 5. The van der Waals surface area contributed by atoms with Crippen molar-refractivity contribution in [3.8, 4) is 22.9 Å². The third-order valence-electron chi connectivity index (χ3n) is 3.59. The molecule has 6 heteroatoms. The van der Waals surface area contributed by atoms with Gasteiger partial charge in [-0.1, -0.05) is 24.3 Å². The van der Waals surface area contributed by atoms with E-state index in [1.54, 1.807) is 14.2 Å². The molecule has 3 aromatic rings. The topological polar surface area (TPSA) is 66.2 Å². The molecule has 6 nitrogen and oxygen atoms in total. The van der Waals surface area contributed by atoms with Gasteiger partial charge >= 0.3 is 0 Å². The summed E-state index contributed by atoms with van der Waals surface area (Å²) in [6.07, 6.45) is 1.28. The lowest BCUT2D eigenvalue weighted by Crippen LogP contribution is -2.24. The first-order valence-electron chi connectivity index (χ1n) is 7.41. The van der Waals surface area contributed by atoms with Crippen molar-refractivity contribution in [3.63, 3.8) is 0 Å². The molecule has 0 aliphatic rings. The smallest absolute Gasteiger partial charge is 0.285 e. The van der Waals surface area contributed by atoms with E-state index in [0.717, 1.165) is 16.9 Å². The van der Waals surface area contributed by atoms with Crippen LogP contribution in [0.1, 0.15) is 5.56 Å². The van der Waals surface area contributed by atoms with Crippen LogP contribution in [0.2, 0.25) is 0 Å². The third-order valence-corrected chi connectivity index (χ3v) is 3.59. The van der Waals surface area contributed by atoms with Crippen molar-refractivity contribution in [3.05, 3.63) is 70.6 Å². The number of methoxy groups -OCH3 is 2. The lowest BCUT2D eigenvalue weighted by atomic mass is 10.2. The first-order valence-corrected chi connectivity index (χ1v) is 7.41. The molecule has 0 bridgehead atoms. The number of nitrogens with zero attached hydrogens (tertiary/aromatic N) is 3. The van der Waals surface area contributed by atoms with E-state index in [2.05, 4.69) is 10.1 Å². The van der Waals surface area contributed by atoms with E-state index in [1.807, 2.05) is 48.5 Å². The summed E-state index contributed by atoms with van der Waals surface area (Å²) < 4.78 is 11.7. The zero-order valence-corrected chi connectivity index (χ0v) is 13.5. The van der Waals surface area contributed by atoms with Crippen LogP contribution in [-0.2, 0) is 6.54 Å². The normalized spacial score (nSPS) is 10.4. The molecule has 0 aliphatic carbocycles. The Bertz CT molecular complexity index is 889. The fraction of sp³-hybridized carbons (Fsp3) is 0.167. The van der Waals surface area contributed by atoms with Crippen LogP contribution in [0.5, 0.6) is 11.5 Å². The number of ether oxygens (including phenoxy) is 2. The van der Waals surface area contributed by atoms with Gasteiger partial charge in [-0.2, -0.15) is 0 Å². The van der Waals surface area contributed by atoms with E-state index in [-0.39, 0.29) is 5.56 Å². The maximum atomic E-state index is 12.0. The lowest BCUT2D eigenvalue weighted by Gasteiger charge is -2.08. The van der Waals surface area contributed by atoms with Crippen LogP contribution in [0.3, 0.4) is 0 Å². The second kappa shape index (κ2) is 6.95. The molecule has 0 spiro atoms. The van der Waals surface area contributed by atoms with Gasteiger partial charge in [-0.15, -0.1) is 5.10 Å². The molecule has 122 valence electrons. The van der Waals surface area contributed by atoms with E-state index in [1.165, 1.54) is 10.9 Å². The second-order valence-corrected chi connectivity index (χ2v) is 5.16. The van der Waals surface area contributed by atoms with Crippen molar-refractivity contribution in [1.82, 2.24) is 14.8 Å². The zero-order valence-electron chi connectivity index (χ0n) is 13.5. The molecule has 24 heavy (non-hydrogen) atoms. The first-order chi connectivity index (χ1) is 11.7. The van der Waals surface area contributed by atoms with E-state index in [9.17, 15) is 4.79 Å². The van der Waals surface area contributed by atoms with Crippen molar-refractivity contribution in [1.29, 1.82) is 0 Å². The summed E-state index contributed by atoms with van der Waals surface area (Å²) in [7, 11) is 3.22. The van der Waals surface area contributed by atoms with Crippen LogP contribution in [-0.4, -0.2) is 29.0 Å². The molecule has 0 fully saturated rings. The van der Waals surface area contributed by atoms with Gasteiger partial charge in [0.05, 0.1) is 27.0 Å². The van der Waals surface area contributed by atoms with Gasteiger partial charge in [-0.25, -0.2) is 9.67 Å². The minimum atomic E-state index is -0.252. The number of aromatic nitrogens is 3. The number of rotatable bonds is 5. The third kappa shape index (κ3) is 3.43. The van der Waals surface area contributed by atoms with Gasteiger partial charge in [0.2, 0.25) is 0 Å². The van der Waals surface area contributed by atoms with Crippen LogP contribution < -0.4 is 15.0 Å². The summed E-state index contributed by atoms with van der Waals surface area (Å²) in [5.41, 5.74) is 1.49. The Labute approximate surface area is 139 Å². The summed E-state index contributed by atoms with van der Waals surface area (Å²) in [6.45, 7) is 0.363. The molecular weight excluding hydrogens is 306 g/mol. The molecule has 0 saturated carbocycles. The molecule has 0 saturated heterocycles. The fourth-order valence-corrected chi connectivity index (χ4v) is 2.28. The quantitative estimate of drug-likeness (QED) is 0.721. The maximum absolute atomic E-state index is 12.0. The molecule has 0 unspecified atom stereocenters. The molecule has 2 aromatic carbocycles. The summed E-state index contributed by atoms with van der Waals surface area (Å²) in [6, 6.07) is 14.9. The fourth-order valence-electron chi connectivity index (χ4n) is 2.28. The monoisotopic (exact) mass is 323 g/mol. The van der Waals surface area contributed by atoms with Crippen molar-refractivity contribution >= 4 is 0 Å². The van der Waals surface area contributed by atoms with Gasteiger partial charge < -0.3 is 9.47 Å². The SMILES string of the molecule is COc1ccc(Cn2nc(-c3cccc(OC)c3)ncc2=O)cc1. The zero-order chi connectivity index (χ0) is 16.9. The Morgan fingerprint density at radius 2 is 1.75 bits per heavy atom. The van der Waals surface area contributed by atoms with Crippen LogP contribution in [0.25, 0.3) is 11.4 Å². The van der Waals surface area contributed by atoms with Crippen molar-refractivity contribution in [2.24, 2.45) is 0 Å². The highest BCUT2D eigenvalue weighted by molar-refractivity contribution is 5.56. The van der Waals surface area contributed by atoms with Crippen LogP contribution in [0.15, 0.2) is 59.5 Å². The molecular formula is C18H17N3O3. The standard InChI is InChI=1S/C18H17N3O3/c1-23-15-8-6-13(7-9-15)12-21-17(22)11-19-18(20-21)14-4-3-5-16(10-14)24-2/h3-11H,12H2,1-2H3. The molecule has 0 radical (unpaired) electrons. The Morgan fingerprint density at radius 3 is 2.46 bits per heavy atom. The minimum Gasteiger partial charge on any atom is -0.497 e. The van der Waals surface area contributed by atoms with Gasteiger partial charge in [0.1, 0.15) is 11.5 Å². The van der Waals surface area contributed by atoms with Crippen LogP contribution in [0, 0.1) is 0 Å². The van der Waals surface area contributed by atoms with E-state index in [0.29, 0.717) is 18.1 Å². The van der Waals surface area contributed by atoms with Gasteiger partial charge in [0, 0.05) is 5.56 Å². The number of benzene rings is 2. The van der Waals surface area contributed by atoms with Gasteiger partial charge in [-0.05, 0) is 29.8 Å². The Hall–Kier alpha value is -3.15. The number of hydrogen-bond donors (Lipinski definition) is 0. The highest BCUT2D eigenvalue weighted by Crippen LogP contribution is 2.19. The summed E-state index contributed by atoms with van der Waals surface area (Å²) >= 11 is 0. The summed E-state index contributed by atoms with van der Waals surface area (Å²) in [4.78, 5) is 16.2.